The average molecular weight is 421 g/mol. The fourth-order valence-corrected chi connectivity index (χ4v) is 2.77. The van der Waals surface area contributed by atoms with Crippen LogP contribution in [0.1, 0.15) is 25.5 Å². The van der Waals surface area contributed by atoms with Gasteiger partial charge >= 0.3 is 19.5 Å². The number of aliphatic hydroxyl groups excluding tert-OH is 1. The normalized spacial score (nSPS) is 22.1. The van der Waals surface area contributed by atoms with Crippen LogP contribution in [0.3, 0.4) is 0 Å². The minimum Gasteiger partial charge on any atom is -0.469 e. The van der Waals surface area contributed by atoms with Gasteiger partial charge < -0.3 is 29.7 Å². The van der Waals surface area contributed by atoms with Gasteiger partial charge in [-0.3, -0.25) is 18.7 Å². The highest BCUT2D eigenvalue weighted by atomic mass is 31.2. The van der Waals surface area contributed by atoms with Gasteiger partial charge in [0, 0.05) is 19.0 Å². The zero-order chi connectivity index (χ0) is 20.9. The van der Waals surface area contributed by atoms with E-state index in [9.17, 15) is 24.1 Å². The number of rotatable bonds is 8. The molecule has 0 aromatic carbocycles. The summed E-state index contributed by atoms with van der Waals surface area (Å²) in [5.74, 6) is -1.11. The van der Waals surface area contributed by atoms with Gasteiger partial charge in [0.25, 0.3) is 0 Å². The number of hydrogen-bond acceptors (Lipinski definition) is 9. The molecule has 1 aromatic heterocycles. The molecule has 0 spiro atoms. The molecule has 1 aromatic rings. The fourth-order valence-electron chi connectivity index (χ4n) is 2.43. The van der Waals surface area contributed by atoms with Crippen molar-refractivity contribution in [3.8, 4) is 0 Å². The number of hydrogen-bond donors (Lipinski definition) is 4. The topological polar surface area (TPSA) is 187 Å². The Morgan fingerprint density at radius 3 is 2.75 bits per heavy atom. The molecule has 0 unspecified atom stereocenters. The van der Waals surface area contributed by atoms with Gasteiger partial charge in [-0.2, -0.15) is 4.98 Å². The Labute approximate surface area is 158 Å². The van der Waals surface area contributed by atoms with Gasteiger partial charge in [-0.1, -0.05) is 0 Å². The second-order valence-corrected chi connectivity index (χ2v) is 7.08. The van der Waals surface area contributed by atoms with Crippen molar-refractivity contribution in [1.29, 1.82) is 0 Å². The van der Waals surface area contributed by atoms with Crippen LogP contribution in [0.5, 0.6) is 0 Å². The summed E-state index contributed by atoms with van der Waals surface area (Å²) in [6.07, 6.45) is -2.08. The van der Waals surface area contributed by atoms with E-state index in [1.54, 1.807) is 0 Å². The lowest BCUT2D eigenvalue weighted by Gasteiger charge is -2.16. The summed E-state index contributed by atoms with van der Waals surface area (Å²) in [5, 5.41) is 12.3. The maximum atomic E-state index is 12.2. The zero-order valence-electron chi connectivity index (χ0n) is 14.8. The lowest BCUT2D eigenvalue weighted by molar-refractivity contribution is -0.141. The molecular weight excluding hydrogens is 401 g/mol. The van der Waals surface area contributed by atoms with Crippen molar-refractivity contribution in [3.63, 3.8) is 0 Å². The van der Waals surface area contributed by atoms with Gasteiger partial charge in [-0.05, 0) is 6.07 Å². The first kappa shape index (κ1) is 22.1. The second-order valence-electron chi connectivity index (χ2n) is 5.85. The largest absolute Gasteiger partial charge is 0.469 e. The van der Waals surface area contributed by atoms with Crippen LogP contribution in [0.15, 0.2) is 17.1 Å². The van der Waals surface area contributed by atoms with Crippen molar-refractivity contribution >= 4 is 25.5 Å². The summed E-state index contributed by atoms with van der Waals surface area (Å²) in [6, 6.07) is 1.33. The van der Waals surface area contributed by atoms with E-state index in [1.165, 1.54) is 19.4 Å². The number of aliphatic hydroxyl groups is 1. The minimum absolute atomic E-state index is 0.0262. The Bertz CT molecular complexity index is 822. The molecule has 4 N–H and O–H groups in total. The third-order valence-electron chi connectivity index (χ3n) is 3.80. The van der Waals surface area contributed by atoms with Crippen molar-refractivity contribution in [2.75, 3.05) is 19.0 Å². The average Bonchev–Trinajstić information content (AvgIpc) is 2.98. The van der Waals surface area contributed by atoms with Crippen LogP contribution >= 0.6 is 7.82 Å². The molecule has 1 saturated heterocycles. The number of ether oxygens (including phenoxy) is 2. The van der Waals surface area contributed by atoms with Crippen molar-refractivity contribution in [2.45, 2.75) is 37.7 Å². The number of nitrogens with zero attached hydrogens (tertiary/aromatic N) is 2. The molecule has 0 bridgehead atoms. The van der Waals surface area contributed by atoms with Crippen LogP contribution in [0.2, 0.25) is 0 Å². The number of methoxy groups -OCH3 is 1. The predicted molar refractivity (Wildman–Crippen MR) is 90.9 cm³/mol. The van der Waals surface area contributed by atoms with Gasteiger partial charge in [-0.25, -0.2) is 9.36 Å². The highest BCUT2D eigenvalue weighted by Crippen LogP contribution is 2.38. The Kier molecular flexibility index (Phi) is 7.41. The van der Waals surface area contributed by atoms with Crippen LogP contribution in [0, 0.1) is 0 Å². The van der Waals surface area contributed by atoms with E-state index in [1.807, 2.05) is 0 Å². The number of esters is 1. The van der Waals surface area contributed by atoms with Gasteiger partial charge in [0.2, 0.25) is 5.91 Å². The van der Waals surface area contributed by atoms with Crippen LogP contribution in [-0.2, 0) is 28.2 Å². The molecule has 14 heteroatoms. The molecule has 0 saturated carbocycles. The van der Waals surface area contributed by atoms with Gasteiger partial charge in [0.05, 0.1) is 26.2 Å². The van der Waals surface area contributed by atoms with E-state index in [2.05, 4.69) is 19.6 Å². The number of phosphoric acid groups is 1. The number of amides is 1. The van der Waals surface area contributed by atoms with E-state index < -0.39 is 50.4 Å². The highest BCUT2D eigenvalue weighted by molar-refractivity contribution is 7.46. The van der Waals surface area contributed by atoms with E-state index >= 15 is 0 Å². The van der Waals surface area contributed by atoms with E-state index in [-0.39, 0.29) is 25.1 Å². The Morgan fingerprint density at radius 2 is 2.14 bits per heavy atom. The van der Waals surface area contributed by atoms with Gasteiger partial charge in [0.1, 0.15) is 18.1 Å². The first-order valence-corrected chi connectivity index (χ1v) is 9.61. The maximum Gasteiger partial charge on any atom is 0.469 e. The van der Waals surface area contributed by atoms with Crippen LogP contribution in [0.25, 0.3) is 0 Å². The van der Waals surface area contributed by atoms with Crippen LogP contribution in [-0.4, -0.2) is 62.2 Å². The molecule has 2 rings (SSSR count). The summed E-state index contributed by atoms with van der Waals surface area (Å²) in [4.78, 5) is 56.0. The number of carbonyl (C=O) groups is 2. The first-order chi connectivity index (χ1) is 13.1. The quantitative estimate of drug-likeness (QED) is 0.294. The lowest BCUT2D eigenvalue weighted by atomic mass is 10.2. The third kappa shape index (κ3) is 6.48. The van der Waals surface area contributed by atoms with Crippen molar-refractivity contribution < 1.29 is 43.0 Å². The standard InChI is InChI=1S/C14H20N3O10P/c1-25-13(20)3-2-11(19)15-10-4-5-17(14(21)16-10)12-6-8(18)9(27-12)7-26-28(22,23)24/h4-5,8-9,12,18H,2-3,6-7H2,1H3,(H2,22,23,24)(H,15,16,19,21)/t8-,9-,12-/m1/s1. The predicted octanol–water partition coefficient (Wildman–Crippen LogP) is -1.11. The van der Waals surface area contributed by atoms with Crippen molar-refractivity contribution in [3.05, 3.63) is 22.7 Å². The van der Waals surface area contributed by atoms with Gasteiger partial charge in [-0.15, -0.1) is 0 Å². The van der Waals surface area contributed by atoms with Crippen molar-refractivity contribution in [2.24, 2.45) is 0 Å². The number of nitrogens with one attached hydrogen (secondary N) is 1. The smallest absolute Gasteiger partial charge is 0.469 e. The second kappa shape index (κ2) is 9.37. The Balaban J connectivity index is 1.97. The van der Waals surface area contributed by atoms with E-state index in [4.69, 9.17) is 14.5 Å². The van der Waals surface area contributed by atoms with Gasteiger partial charge in [0.15, 0.2) is 0 Å². The SMILES string of the molecule is COC(=O)CCC(=O)Nc1ccn([C@H]2C[C@@H](O)[C@@H](COP(=O)(O)O)O2)c(=O)n1. The van der Waals surface area contributed by atoms with Crippen LogP contribution < -0.4 is 11.0 Å². The fraction of sp³-hybridized carbons (Fsp3) is 0.571. The molecule has 0 radical (unpaired) electrons. The molecule has 1 aliphatic heterocycles. The molecule has 1 amide bonds. The first-order valence-electron chi connectivity index (χ1n) is 8.08. The third-order valence-corrected chi connectivity index (χ3v) is 4.29. The van der Waals surface area contributed by atoms with E-state index in [0.29, 0.717) is 0 Å². The van der Waals surface area contributed by atoms with Crippen molar-refractivity contribution in [1.82, 2.24) is 9.55 Å². The minimum atomic E-state index is -4.72. The molecule has 3 atom stereocenters. The van der Waals surface area contributed by atoms with E-state index in [0.717, 1.165) is 4.57 Å². The molecule has 1 fully saturated rings. The number of aromatic nitrogens is 2. The molecule has 2 heterocycles. The maximum absolute atomic E-state index is 12.2. The summed E-state index contributed by atoms with van der Waals surface area (Å²) in [5.41, 5.74) is -0.778. The number of phosphoric ester groups is 1. The number of carbonyl (C=O) groups excluding carboxylic acids is 2. The summed E-state index contributed by atoms with van der Waals surface area (Å²) < 4.78 is 25.9. The molecule has 0 aliphatic carbocycles. The summed E-state index contributed by atoms with van der Waals surface area (Å²) in [6.45, 7) is -0.557. The lowest BCUT2D eigenvalue weighted by Crippen LogP contribution is -2.29. The molecular formula is C14H20N3O10P. The molecule has 13 nitrogen and oxygen atoms in total. The zero-order valence-corrected chi connectivity index (χ0v) is 15.7. The monoisotopic (exact) mass is 421 g/mol. The molecule has 156 valence electrons. The summed E-state index contributed by atoms with van der Waals surface area (Å²) >= 11 is 0. The Morgan fingerprint density at radius 1 is 1.43 bits per heavy atom. The summed E-state index contributed by atoms with van der Waals surface area (Å²) in [7, 11) is -3.52. The highest BCUT2D eigenvalue weighted by Gasteiger charge is 2.37. The Hall–Kier alpha value is -2.15. The molecule has 28 heavy (non-hydrogen) atoms. The number of anilines is 1. The van der Waals surface area contributed by atoms with Crippen LogP contribution in [0.4, 0.5) is 5.82 Å². The molecule has 1 aliphatic rings.